The zero-order valence-corrected chi connectivity index (χ0v) is 17.5. The second-order valence-electron chi connectivity index (χ2n) is 7.21. The molecule has 1 aromatic carbocycles. The van der Waals surface area contributed by atoms with Crippen LogP contribution in [0, 0.1) is 0 Å². The monoisotopic (exact) mass is 391 g/mol. The van der Waals surface area contributed by atoms with Gasteiger partial charge in [-0.05, 0) is 58.2 Å². The van der Waals surface area contributed by atoms with E-state index in [-0.39, 0.29) is 18.6 Å². The second-order valence-corrected chi connectivity index (χ2v) is 7.21. The van der Waals surface area contributed by atoms with Crippen LogP contribution in [0.25, 0.3) is 0 Å². The summed E-state index contributed by atoms with van der Waals surface area (Å²) < 4.78 is 16.9. The van der Waals surface area contributed by atoms with E-state index < -0.39 is 11.6 Å². The van der Waals surface area contributed by atoms with Crippen molar-refractivity contribution in [1.82, 2.24) is 0 Å². The largest absolute Gasteiger partial charge is 0.490 e. The molecule has 28 heavy (non-hydrogen) atoms. The lowest BCUT2D eigenvalue weighted by atomic mass is 9.83. The average Bonchev–Trinajstić information content (AvgIpc) is 2.70. The third-order valence-corrected chi connectivity index (χ3v) is 5.13. The lowest BCUT2D eigenvalue weighted by Crippen LogP contribution is -2.47. The van der Waals surface area contributed by atoms with Gasteiger partial charge < -0.3 is 19.5 Å². The Morgan fingerprint density at radius 1 is 1.11 bits per heavy atom. The molecule has 1 N–H and O–H groups in total. The smallest absolute Gasteiger partial charge is 0.341 e. The molecule has 6 heteroatoms. The van der Waals surface area contributed by atoms with Crippen LogP contribution in [0.5, 0.6) is 5.75 Å². The van der Waals surface area contributed by atoms with Gasteiger partial charge in [-0.25, -0.2) is 4.79 Å². The van der Waals surface area contributed by atoms with Crippen molar-refractivity contribution in [2.75, 3.05) is 18.5 Å². The predicted molar refractivity (Wildman–Crippen MR) is 109 cm³/mol. The van der Waals surface area contributed by atoms with E-state index in [1.807, 2.05) is 20.8 Å². The first kappa shape index (κ1) is 22.2. The van der Waals surface area contributed by atoms with Gasteiger partial charge in [0, 0.05) is 12.3 Å². The number of carbonyl (C=O) groups is 2. The normalized spacial score (nSPS) is 16.9. The van der Waals surface area contributed by atoms with Gasteiger partial charge in [0.2, 0.25) is 0 Å². The Morgan fingerprint density at radius 3 is 2.43 bits per heavy atom. The molecule has 1 fully saturated rings. The van der Waals surface area contributed by atoms with Crippen LogP contribution in [-0.4, -0.2) is 36.8 Å². The van der Waals surface area contributed by atoms with E-state index in [2.05, 4.69) is 5.32 Å². The lowest BCUT2D eigenvalue weighted by molar-refractivity contribution is -0.145. The number of carbonyl (C=O) groups excluding carboxylic acids is 2. The van der Waals surface area contributed by atoms with Crippen LogP contribution >= 0.6 is 0 Å². The van der Waals surface area contributed by atoms with Gasteiger partial charge >= 0.3 is 5.97 Å². The van der Waals surface area contributed by atoms with Gasteiger partial charge in [-0.2, -0.15) is 0 Å². The standard InChI is InChI=1S/C22H33NO5/c1-5-16(4)28-19-12-11-17(15-18(19)20(24)26-6-2)23-21(25)22(27-7-3)13-9-8-10-14-22/h11-12,15-16H,5-10,13-14H2,1-4H3,(H,23,25)/t16-/m0/s1. The highest BCUT2D eigenvalue weighted by Gasteiger charge is 2.40. The first-order chi connectivity index (χ1) is 13.5. The van der Waals surface area contributed by atoms with Gasteiger partial charge in [-0.3, -0.25) is 4.79 Å². The summed E-state index contributed by atoms with van der Waals surface area (Å²) in [4.78, 5) is 25.4. The molecular formula is C22H33NO5. The van der Waals surface area contributed by atoms with Crippen LogP contribution in [0.4, 0.5) is 5.69 Å². The molecule has 6 nitrogen and oxygen atoms in total. The summed E-state index contributed by atoms with van der Waals surface area (Å²) in [5.74, 6) is -0.156. The predicted octanol–water partition coefficient (Wildman–Crippen LogP) is 4.72. The summed E-state index contributed by atoms with van der Waals surface area (Å²) in [6.07, 6.45) is 5.29. The number of anilines is 1. The van der Waals surface area contributed by atoms with Crippen LogP contribution in [0.3, 0.4) is 0 Å². The summed E-state index contributed by atoms with van der Waals surface area (Å²) in [6.45, 7) is 8.38. The Bertz CT molecular complexity index is 661. The quantitative estimate of drug-likeness (QED) is 0.617. The molecule has 1 aliphatic carbocycles. The zero-order valence-electron chi connectivity index (χ0n) is 17.5. The van der Waals surface area contributed by atoms with Gasteiger partial charge in [-0.1, -0.05) is 26.2 Å². The third-order valence-electron chi connectivity index (χ3n) is 5.13. The fourth-order valence-electron chi connectivity index (χ4n) is 3.46. The molecule has 0 aromatic heterocycles. The minimum absolute atomic E-state index is 0.0305. The van der Waals surface area contributed by atoms with Crippen molar-refractivity contribution in [3.63, 3.8) is 0 Å². The molecule has 0 heterocycles. The van der Waals surface area contributed by atoms with E-state index in [4.69, 9.17) is 14.2 Å². The maximum atomic E-state index is 13.0. The molecule has 1 aromatic rings. The van der Waals surface area contributed by atoms with Crippen molar-refractivity contribution in [2.45, 2.75) is 77.9 Å². The summed E-state index contributed by atoms with van der Waals surface area (Å²) >= 11 is 0. The van der Waals surface area contributed by atoms with Crippen molar-refractivity contribution >= 4 is 17.6 Å². The van der Waals surface area contributed by atoms with Gasteiger partial charge in [0.05, 0.1) is 12.7 Å². The fraction of sp³-hybridized carbons (Fsp3) is 0.636. The highest BCUT2D eigenvalue weighted by Crippen LogP contribution is 2.33. The topological polar surface area (TPSA) is 73.9 Å². The van der Waals surface area contributed by atoms with Crippen molar-refractivity contribution in [3.05, 3.63) is 23.8 Å². The average molecular weight is 392 g/mol. The molecule has 1 saturated carbocycles. The minimum atomic E-state index is -0.789. The Hall–Kier alpha value is -2.08. The van der Waals surface area contributed by atoms with Crippen LogP contribution in [-0.2, 0) is 14.3 Å². The Kier molecular flexibility index (Phi) is 8.30. The molecule has 0 unspecified atom stereocenters. The van der Waals surface area contributed by atoms with Crippen LogP contribution in [0.1, 0.15) is 76.6 Å². The van der Waals surface area contributed by atoms with Crippen LogP contribution in [0.15, 0.2) is 18.2 Å². The highest BCUT2D eigenvalue weighted by molar-refractivity contribution is 5.99. The summed E-state index contributed by atoms with van der Waals surface area (Å²) in [7, 11) is 0. The zero-order chi connectivity index (χ0) is 20.6. The maximum Gasteiger partial charge on any atom is 0.341 e. The first-order valence-corrected chi connectivity index (χ1v) is 10.4. The number of amides is 1. The molecule has 0 aliphatic heterocycles. The number of ether oxygens (including phenoxy) is 3. The molecule has 0 radical (unpaired) electrons. The minimum Gasteiger partial charge on any atom is -0.490 e. The van der Waals surface area contributed by atoms with Crippen molar-refractivity contribution in [2.24, 2.45) is 0 Å². The van der Waals surface area contributed by atoms with Gasteiger partial charge in [-0.15, -0.1) is 0 Å². The van der Waals surface area contributed by atoms with E-state index in [1.54, 1.807) is 25.1 Å². The second kappa shape index (κ2) is 10.5. The number of benzene rings is 1. The lowest BCUT2D eigenvalue weighted by Gasteiger charge is -2.35. The van der Waals surface area contributed by atoms with E-state index in [9.17, 15) is 9.59 Å². The summed E-state index contributed by atoms with van der Waals surface area (Å²) in [6, 6.07) is 5.08. The number of nitrogens with one attached hydrogen (secondary N) is 1. The Balaban J connectivity index is 2.25. The van der Waals surface area contributed by atoms with E-state index in [1.165, 1.54) is 0 Å². The fourth-order valence-corrected chi connectivity index (χ4v) is 3.46. The molecule has 0 bridgehead atoms. The third kappa shape index (κ3) is 5.47. The summed E-state index contributed by atoms with van der Waals surface area (Å²) in [5, 5.41) is 2.94. The van der Waals surface area contributed by atoms with Gasteiger partial charge in [0.1, 0.15) is 16.9 Å². The van der Waals surface area contributed by atoms with E-state index in [0.717, 1.165) is 25.7 Å². The molecule has 0 saturated heterocycles. The number of esters is 1. The molecule has 1 aliphatic rings. The molecule has 2 rings (SSSR count). The Labute approximate surface area is 167 Å². The van der Waals surface area contributed by atoms with E-state index >= 15 is 0 Å². The maximum absolute atomic E-state index is 13.0. The highest BCUT2D eigenvalue weighted by atomic mass is 16.5. The van der Waals surface area contributed by atoms with E-state index in [0.29, 0.717) is 36.4 Å². The molecule has 156 valence electrons. The molecule has 1 atom stereocenters. The van der Waals surface area contributed by atoms with Crippen molar-refractivity contribution < 1.29 is 23.8 Å². The molecular weight excluding hydrogens is 358 g/mol. The molecule has 1 amide bonds. The van der Waals surface area contributed by atoms with Gasteiger partial charge in [0.25, 0.3) is 5.91 Å². The SMILES string of the molecule is CCOC(=O)c1cc(NC(=O)C2(OCC)CCCCC2)ccc1O[C@@H](C)CC. The van der Waals surface area contributed by atoms with Crippen molar-refractivity contribution in [1.29, 1.82) is 0 Å². The Morgan fingerprint density at radius 2 is 1.82 bits per heavy atom. The number of hydrogen-bond acceptors (Lipinski definition) is 5. The van der Waals surface area contributed by atoms with Gasteiger partial charge in [0.15, 0.2) is 0 Å². The van der Waals surface area contributed by atoms with Crippen LogP contribution < -0.4 is 10.1 Å². The van der Waals surface area contributed by atoms with Crippen LogP contribution in [0.2, 0.25) is 0 Å². The number of hydrogen-bond donors (Lipinski definition) is 1. The van der Waals surface area contributed by atoms with Crippen molar-refractivity contribution in [3.8, 4) is 5.75 Å². The number of rotatable bonds is 9. The summed E-state index contributed by atoms with van der Waals surface area (Å²) in [5.41, 5.74) is 0.0615. The first-order valence-electron chi connectivity index (χ1n) is 10.4. The molecule has 0 spiro atoms.